The number of hydrogen-bond acceptors (Lipinski definition) is 3. The van der Waals surface area contributed by atoms with Crippen molar-refractivity contribution >= 4 is 11.6 Å². The predicted octanol–water partition coefficient (Wildman–Crippen LogP) is 1.25. The van der Waals surface area contributed by atoms with Crippen molar-refractivity contribution in [3.63, 3.8) is 0 Å². The molecule has 0 aromatic heterocycles. The molecule has 0 spiro atoms. The van der Waals surface area contributed by atoms with Gasteiger partial charge in [0.25, 0.3) is 5.91 Å². The minimum Gasteiger partial charge on any atom is -0.399 e. The van der Waals surface area contributed by atoms with Crippen molar-refractivity contribution in [2.75, 3.05) is 25.4 Å². The number of amides is 1. The fraction of sp³-hybridized carbons (Fsp3) is 0.462. The van der Waals surface area contributed by atoms with Gasteiger partial charge in [0.1, 0.15) is 5.82 Å². The zero-order valence-corrected chi connectivity index (χ0v) is 10.1. The smallest absolute Gasteiger partial charge is 0.254 e. The molecular formula is C13H17FN2O2. The first-order valence-electron chi connectivity index (χ1n) is 6.06. The molecule has 1 aliphatic heterocycles. The Hall–Kier alpha value is -1.62. The van der Waals surface area contributed by atoms with Crippen molar-refractivity contribution in [1.29, 1.82) is 0 Å². The quantitative estimate of drug-likeness (QED) is 0.778. The third kappa shape index (κ3) is 2.79. The van der Waals surface area contributed by atoms with Crippen molar-refractivity contribution < 1.29 is 14.3 Å². The molecular weight excluding hydrogens is 235 g/mol. The van der Waals surface area contributed by atoms with Crippen molar-refractivity contribution in [3.05, 3.63) is 29.6 Å². The summed E-state index contributed by atoms with van der Waals surface area (Å²) < 4.78 is 13.2. The summed E-state index contributed by atoms with van der Waals surface area (Å²) in [6, 6.07) is 3.86. The number of aliphatic hydroxyl groups is 1. The SMILES string of the molecule is Nc1cc(F)cc(C(=O)N2CCCC(CO)C2)c1. The van der Waals surface area contributed by atoms with E-state index in [2.05, 4.69) is 0 Å². The van der Waals surface area contributed by atoms with Crippen molar-refractivity contribution in [2.45, 2.75) is 12.8 Å². The van der Waals surface area contributed by atoms with Gasteiger partial charge in [0, 0.05) is 30.9 Å². The van der Waals surface area contributed by atoms with Gasteiger partial charge in [-0.1, -0.05) is 0 Å². The number of piperidine rings is 1. The lowest BCUT2D eigenvalue weighted by Crippen LogP contribution is -2.41. The molecule has 0 bridgehead atoms. The third-order valence-electron chi connectivity index (χ3n) is 3.23. The number of nitrogens with zero attached hydrogens (tertiary/aromatic N) is 1. The van der Waals surface area contributed by atoms with Crippen LogP contribution in [0.2, 0.25) is 0 Å². The van der Waals surface area contributed by atoms with Crippen LogP contribution in [0.1, 0.15) is 23.2 Å². The first kappa shape index (κ1) is 12.8. The fourth-order valence-electron chi connectivity index (χ4n) is 2.32. The summed E-state index contributed by atoms with van der Waals surface area (Å²) in [5, 5.41) is 9.13. The van der Waals surface area contributed by atoms with Crippen LogP contribution in [0.3, 0.4) is 0 Å². The highest BCUT2D eigenvalue weighted by Crippen LogP contribution is 2.19. The number of anilines is 1. The van der Waals surface area contributed by atoms with Crippen molar-refractivity contribution in [1.82, 2.24) is 4.90 Å². The second kappa shape index (κ2) is 5.35. The first-order valence-corrected chi connectivity index (χ1v) is 6.06. The standard InChI is InChI=1S/C13H17FN2O2/c14-11-4-10(5-12(15)6-11)13(18)16-3-1-2-9(7-16)8-17/h4-6,9,17H,1-3,7-8,15H2. The number of halogens is 1. The molecule has 0 radical (unpaired) electrons. The number of aliphatic hydroxyl groups excluding tert-OH is 1. The van der Waals surface area contributed by atoms with Crippen LogP contribution < -0.4 is 5.73 Å². The van der Waals surface area contributed by atoms with Gasteiger partial charge in [0.05, 0.1) is 0 Å². The van der Waals surface area contributed by atoms with Gasteiger partial charge in [-0.3, -0.25) is 4.79 Å². The molecule has 0 aliphatic carbocycles. The van der Waals surface area contributed by atoms with Crippen LogP contribution in [0.15, 0.2) is 18.2 Å². The zero-order chi connectivity index (χ0) is 13.1. The second-order valence-electron chi connectivity index (χ2n) is 4.72. The summed E-state index contributed by atoms with van der Waals surface area (Å²) in [4.78, 5) is 13.8. The van der Waals surface area contributed by atoms with Gasteiger partial charge in [-0.05, 0) is 37.0 Å². The van der Waals surface area contributed by atoms with Gasteiger partial charge in [-0.25, -0.2) is 4.39 Å². The highest BCUT2D eigenvalue weighted by atomic mass is 19.1. The van der Waals surface area contributed by atoms with E-state index in [9.17, 15) is 9.18 Å². The Morgan fingerprint density at radius 3 is 2.94 bits per heavy atom. The Labute approximate surface area is 105 Å². The van der Waals surface area contributed by atoms with E-state index < -0.39 is 5.82 Å². The number of rotatable bonds is 2. The zero-order valence-electron chi connectivity index (χ0n) is 10.1. The molecule has 1 aromatic rings. The lowest BCUT2D eigenvalue weighted by Gasteiger charge is -2.32. The molecule has 18 heavy (non-hydrogen) atoms. The minimum atomic E-state index is -0.505. The third-order valence-corrected chi connectivity index (χ3v) is 3.23. The first-order chi connectivity index (χ1) is 8.60. The molecule has 1 amide bonds. The molecule has 1 fully saturated rings. The molecule has 1 atom stereocenters. The van der Waals surface area contributed by atoms with Crippen molar-refractivity contribution in [3.8, 4) is 0 Å². The Kier molecular flexibility index (Phi) is 3.81. The van der Waals surface area contributed by atoms with E-state index in [1.165, 1.54) is 18.2 Å². The summed E-state index contributed by atoms with van der Waals surface area (Å²) in [7, 11) is 0. The van der Waals surface area contributed by atoms with Crippen LogP contribution in [0.25, 0.3) is 0 Å². The molecule has 1 aliphatic rings. The highest BCUT2D eigenvalue weighted by molar-refractivity contribution is 5.95. The number of likely N-dealkylation sites (tertiary alicyclic amines) is 1. The average molecular weight is 252 g/mol. The highest BCUT2D eigenvalue weighted by Gasteiger charge is 2.24. The van der Waals surface area contributed by atoms with Gasteiger partial charge in [-0.15, -0.1) is 0 Å². The van der Waals surface area contributed by atoms with Gasteiger partial charge in [-0.2, -0.15) is 0 Å². The summed E-state index contributed by atoms with van der Waals surface area (Å²) in [6.07, 6.45) is 1.79. The normalized spacial score (nSPS) is 19.9. The van der Waals surface area contributed by atoms with Crippen LogP contribution >= 0.6 is 0 Å². The number of nitrogens with two attached hydrogens (primary N) is 1. The molecule has 0 saturated carbocycles. The van der Waals surface area contributed by atoms with Crippen LogP contribution in [0, 0.1) is 11.7 Å². The molecule has 5 heteroatoms. The van der Waals surface area contributed by atoms with E-state index in [4.69, 9.17) is 10.8 Å². The van der Waals surface area contributed by atoms with Crippen LogP contribution in [0.4, 0.5) is 10.1 Å². The Bertz CT molecular complexity index is 430. The Balaban J connectivity index is 2.15. The van der Waals surface area contributed by atoms with E-state index in [0.717, 1.165) is 12.8 Å². The lowest BCUT2D eigenvalue weighted by atomic mass is 9.98. The molecule has 98 valence electrons. The molecule has 3 N–H and O–H groups in total. The van der Waals surface area contributed by atoms with Gasteiger partial charge < -0.3 is 15.7 Å². The maximum absolute atomic E-state index is 13.2. The van der Waals surface area contributed by atoms with Crippen LogP contribution in [-0.2, 0) is 0 Å². The van der Waals surface area contributed by atoms with E-state index in [1.54, 1.807) is 4.90 Å². The number of nitrogen functional groups attached to an aromatic ring is 1. The van der Waals surface area contributed by atoms with Crippen LogP contribution in [-0.4, -0.2) is 35.6 Å². The molecule has 1 aromatic carbocycles. The maximum atomic E-state index is 13.2. The Morgan fingerprint density at radius 1 is 1.50 bits per heavy atom. The maximum Gasteiger partial charge on any atom is 0.254 e. The van der Waals surface area contributed by atoms with Gasteiger partial charge in [0.2, 0.25) is 0 Å². The molecule has 1 unspecified atom stereocenters. The lowest BCUT2D eigenvalue weighted by molar-refractivity contribution is 0.0620. The monoisotopic (exact) mass is 252 g/mol. The van der Waals surface area contributed by atoms with E-state index in [1.807, 2.05) is 0 Å². The molecule has 2 rings (SSSR count). The average Bonchev–Trinajstić information content (AvgIpc) is 2.37. The molecule has 1 heterocycles. The van der Waals surface area contributed by atoms with Crippen molar-refractivity contribution in [2.24, 2.45) is 5.92 Å². The number of benzene rings is 1. The topological polar surface area (TPSA) is 66.6 Å². The van der Waals surface area contributed by atoms with Gasteiger partial charge >= 0.3 is 0 Å². The number of carbonyl (C=O) groups excluding carboxylic acids is 1. The summed E-state index contributed by atoms with van der Waals surface area (Å²) in [5.74, 6) is -0.609. The van der Waals surface area contributed by atoms with Gasteiger partial charge in [0.15, 0.2) is 0 Å². The summed E-state index contributed by atoms with van der Waals surface area (Å²) in [6.45, 7) is 1.24. The summed E-state index contributed by atoms with van der Waals surface area (Å²) in [5.41, 5.74) is 6.04. The minimum absolute atomic E-state index is 0.0784. The van der Waals surface area contributed by atoms with E-state index >= 15 is 0 Å². The van der Waals surface area contributed by atoms with E-state index in [0.29, 0.717) is 13.1 Å². The molecule has 1 saturated heterocycles. The number of hydrogen-bond donors (Lipinski definition) is 2. The predicted molar refractivity (Wildman–Crippen MR) is 66.5 cm³/mol. The Morgan fingerprint density at radius 2 is 2.28 bits per heavy atom. The number of carbonyl (C=O) groups is 1. The van der Waals surface area contributed by atoms with E-state index in [-0.39, 0.29) is 29.7 Å². The second-order valence-corrected chi connectivity index (χ2v) is 4.72. The largest absolute Gasteiger partial charge is 0.399 e. The summed E-state index contributed by atoms with van der Waals surface area (Å²) >= 11 is 0. The van der Waals surface area contributed by atoms with Crippen LogP contribution in [0.5, 0.6) is 0 Å². The molecule has 4 nitrogen and oxygen atoms in total. The fourth-order valence-corrected chi connectivity index (χ4v) is 2.32.